The third kappa shape index (κ3) is 3.77. The molecule has 6 heteroatoms. The fourth-order valence-corrected chi connectivity index (χ4v) is 2.15. The molecule has 5 nitrogen and oxygen atoms in total. The molecule has 0 amide bonds. The topological polar surface area (TPSA) is 84.0 Å². The van der Waals surface area contributed by atoms with Crippen molar-refractivity contribution >= 4 is 40.1 Å². The predicted octanol–water partition coefficient (Wildman–Crippen LogP) is 3.99. The number of nitrogens with zero attached hydrogens (tertiary/aromatic N) is 2. The maximum atomic E-state index is 12.3. The lowest BCUT2D eigenvalue weighted by Gasteiger charge is -2.00. The van der Waals surface area contributed by atoms with E-state index in [1.807, 2.05) is 18.2 Å². The fraction of sp³-hybridized carbons (Fsp3) is 0. The summed E-state index contributed by atoms with van der Waals surface area (Å²) in [5.74, 6) is -0.537. The van der Waals surface area contributed by atoms with Gasteiger partial charge in [-0.25, -0.2) is 0 Å². The summed E-state index contributed by atoms with van der Waals surface area (Å²) in [6, 6.07) is 14.5. The van der Waals surface area contributed by atoms with Gasteiger partial charge < -0.3 is 0 Å². The third-order valence-electron chi connectivity index (χ3n) is 2.87. The van der Waals surface area contributed by atoms with Crippen LogP contribution in [-0.2, 0) is 0 Å². The number of nitro groups is 1. The van der Waals surface area contributed by atoms with Crippen LogP contribution in [0, 0.1) is 25.0 Å². The average Bonchev–Trinajstić information content (AvgIpc) is 2.53. The molecule has 0 aromatic heterocycles. The van der Waals surface area contributed by atoms with E-state index in [4.69, 9.17) is 0 Å². The highest BCUT2D eigenvalue weighted by atomic mass is 127. The number of nitriles is 1. The van der Waals surface area contributed by atoms with Gasteiger partial charge in [0.2, 0.25) is 5.78 Å². The molecule has 0 fully saturated rings. The molecule has 0 aliphatic carbocycles. The van der Waals surface area contributed by atoms with E-state index in [0.29, 0.717) is 0 Å². The van der Waals surface area contributed by atoms with Crippen LogP contribution in [0.25, 0.3) is 6.08 Å². The normalized spacial score (nSPS) is 10.8. The van der Waals surface area contributed by atoms with E-state index in [9.17, 15) is 20.2 Å². The van der Waals surface area contributed by atoms with Crippen molar-refractivity contribution in [2.24, 2.45) is 0 Å². The first-order chi connectivity index (χ1) is 10.5. The van der Waals surface area contributed by atoms with Crippen LogP contribution in [-0.4, -0.2) is 10.7 Å². The summed E-state index contributed by atoms with van der Waals surface area (Å²) in [6.07, 6.45) is 1.47. The highest BCUT2D eigenvalue weighted by molar-refractivity contribution is 14.1. The zero-order valence-corrected chi connectivity index (χ0v) is 13.4. The molecule has 0 radical (unpaired) electrons. The molecule has 0 N–H and O–H groups in total. The first-order valence-corrected chi connectivity index (χ1v) is 7.25. The minimum atomic E-state index is -0.578. The number of Topliss-reactive ketones (excluding diaryl/α,β-unsaturated/α-hetero) is 1. The van der Waals surface area contributed by atoms with Crippen molar-refractivity contribution in [3.05, 3.63) is 78.9 Å². The predicted molar refractivity (Wildman–Crippen MR) is 90.2 cm³/mol. The van der Waals surface area contributed by atoms with Gasteiger partial charge in [-0.1, -0.05) is 24.3 Å². The van der Waals surface area contributed by atoms with E-state index < -0.39 is 10.7 Å². The molecule has 2 rings (SSSR count). The zero-order chi connectivity index (χ0) is 16.1. The molecular weight excluding hydrogens is 395 g/mol. The molecule has 0 saturated heterocycles. The maximum Gasteiger partial charge on any atom is 0.270 e. The largest absolute Gasteiger partial charge is 0.288 e. The molecule has 0 saturated carbocycles. The molecule has 0 atom stereocenters. The van der Waals surface area contributed by atoms with Crippen LogP contribution >= 0.6 is 22.6 Å². The molecule has 0 unspecified atom stereocenters. The Labute approximate surface area is 140 Å². The minimum Gasteiger partial charge on any atom is -0.288 e. The monoisotopic (exact) mass is 404 g/mol. The van der Waals surface area contributed by atoms with Gasteiger partial charge in [-0.3, -0.25) is 14.9 Å². The van der Waals surface area contributed by atoms with Crippen LogP contribution in [0.15, 0.2) is 54.1 Å². The smallest absolute Gasteiger partial charge is 0.270 e. The number of hydrogen-bond donors (Lipinski definition) is 0. The Kier molecular flexibility index (Phi) is 5.01. The van der Waals surface area contributed by atoms with Crippen LogP contribution in [0.2, 0.25) is 0 Å². The van der Waals surface area contributed by atoms with Crippen molar-refractivity contribution < 1.29 is 9.72 Å². The first kappa shape index (κ1) is 15.9. The van der Waals surface area contributed by atoms with E-state index in [0.717, 1.165) is 9.13 Å². The number of benzene rings is 2. The highest BCUT2D eigenvalue weighted by Crippen LogP contribution is 2.18. The summed E-state index contributed by atoms with van der Waals surface area (Å²) >= 11 is 2.16. The Morgan fingerprint density at radius 1 is 1.23 bits per heavy atom. The van der Waals surface area contributed by atoms with Gasteiger partial charge in [0.25, 0.3) is 5.69 Å². The first-order valence-electron chi connectivity index (χ1n) is 6.18. The molecule has 0 heterocycles. The van der Waals surface area contributed by atoms with E-state index in [1.165, 1.54) is 30.3 Å². The Hall–Kier alpha value is -2.53. The lowest BCUT2D eigenvalue weighted by Crippen LogP contribution is -2.02. The van der Waals surface area contributed by atoms with Gasteiger partial charge in [0.05, 0.1) is 4.92 Å². The molecule has 0 spiro atoms. The standard InChI is InChI=1S/C16H9IN2O3/c17-14-6-4-11(5-7-14)8-13(10-18)16(20)12-2-1-3-15(9-12)19(21)22/h1-9H. The zero-order valence-electron chi connectivity index (χ0n) is 11.2. The number of allylic oxidation sites excluding steroid dienone is 1. The second kappa shape index (κ2) is 6.95. The molecule has 2 aromatic carbocycles. The van der Waals surface area contributed by atoms with E-state index in [2.05, 4.69) is 22.6 Å². The lowest BCUT2D eigenvalue weighted by molar-refractivity contribution is -0.384. The van der Waals surface area contributed by atoms with Crippen LogP contribution in [0.4, 0.5) is 5.69 Å². The van der Waals surface area contributed by atoms with Gasteiger partial charge in [-0.2, -0.15) is 5.26 Å². The van der Waals surface area contributed by atoms with Crippen molar-refractivity contribution in [1.82, 2.24) is 0 Å². The van der Waals surface area contributed by atoms with Crippen molar-refractivity contribution in [2.75, 3.05) is 0 Å². The van der Waals surface area contributed by atoms with Crippen LogP contribution < -0.4 is 0 Å². The number of hydrogen-bond acceptors (Lipinski definition) is 4. The number of rotatable bonds is 4. The van der Waals surface area contributed by atoms with Crippen molar-refractivity contribution in [2.45, 2.75) is 0 Å². The molecule has 22 heavy (non-hydrogen) atoms. The number of carbonyl (C=O) groups excluding carboxylic acids is 1. The molecule has 0 aliphatic heterocycles. The molecular formula is C16H9IN2O3. The van der Waals surface area contributed by atoms with Gasteiger partial charge in [0.1, 0.15) is 11.6 Å². The van der Waals surface area contributed by atoms with Crippen LogP contribution in [0.5, 0.6) is 0 Å². The summed E-state index contributed by atoms with van der Waals surface area (Å²) in [5.41, 5.74) is 0.586. The summed E-state index contributed by atoms with van der Waals surface area (Å²) in [5, 5.41) is 19.9. The number of carbonyl (C=O) groups is 1. The summed E-state index contributed by atoms with van der Waals surface area (Å²) < 4.78 is 1.04. The Bertz CT molecular complexity index is 805. The number of halogens is 1. The van der Waals surface area contributed by atoms with Crippen molar-refractivity contribution in [3.63, 3.8) is 0 Å². The lowest BCUT2D eigenvalue weighted by atomic mass is 10.0. The quantitative estimate of drug-likeness (QED) is 0.193. The Balaban J connectivity index is 2.37. The minimum absolute atomic E-state index is 0.0679. The van der Waals surface area contributed by atoms with Gasteiger partial charge in [-0.05, 0) is 46.4 Å². The molecule has 0 aliphatic rings. The number of non-ortho nitro benzene ring substituents is 1. The third-order valence-corrected chi connectivity index (χ3v) is 3.58. The number of nitro benzene ring substituents is 1. The fourth-order valence-electron chi connectivity index (χ4n) is 1.79. The summed E-state index contributed by atoms with van der Waals surface area (Å²) in [7, 11) is 0. The van der Waals surface area contributed by atoms with Gasteiger partial charge >= 0.3 is 0 Å². The molecule has 2 aromatic rings. The SMILES string of the molecule is N#CC(=Cc1ccc(I)cc1)C(=O)c1cccc([N+](=O)[O-])c1. The number of ketones is 1. The maximum absolute atomic E-state index is 12.3. The second-order valence-electron chi connectivity index (χ2n) is 4.36. The van der Waals surface area contributed by atoms with Crippen molar-refractivity contribution in [1.29, 1.82) is 5.26 Å². The van der Waals surface area contributed by atoms with Gasteiger partial charge in [0, 0.05) is 21.3 Å². The Morgan fingerprint density at radius 2 is 1.91 bits per heavy atom. The van der Waals surface area contributed by atoms with E-state index in [-0.39, 0.29) is 16.8 Å². The highest BCUT2D eigenvalue weighted by Gasteiger charge is 2.15. The summed E-state index contributed by atoms with van der Waals surface area (Å²) in [4.78, 5) is 22.5. The summed E-state index contributed by atoms with van der Waals surface area (Å²) in [6.45, 7) is 0. The van der Waals surface area contributed by atoms with E-state index >= 15 is 0 Å². The molecule has 108 valence electrons. The van der Waals surface area contributed by atoms with Gasteiger partial charge in [-0.15, -0.1) is 0 Å². The van der Waals surface area contributed by atoms with Crippen LogP contribution in [0.1, 0.15) is 15.9 Å². The molecule has 0 bridgehead atoms. The average molecular weight is 404 g/mol. The second-order valence-corrected chi connectivity index (χ2v) is 5.60. The Morgan fingerprint density at radius 3 is 2.50 bits per heavy atom. The van der Waals surface area contributed by atoms with E-state index in [1.54, 1.807) is 12.1 Å². The van der Waals surface area contributed by atoms with Crippen LogP contribution in [0.3, 0.4) is 0 Å². The van der Waals surface area contributed by atoms with Gasteiger partial charge in [0.15, 0.2) is 0 Å². The van der Waals surface area contributed by atoms with Crippen molar-refractivity contribution in [3.8, 4) is 6.07 Å².